The van der Waals surface area contributed by atoms with E-state index in [2.05, 4.69) is 10.2 Å². The fourth-order valence-corrected chi connectivity index (χ4v) is 4.96. The number of benzene rings is 3. The lowest BCUT2D eigenvalue weighted by atomic mass is 9.88. The van der Waals surface area contributed by atoms with E-state index in [1.165, 1.54) is 6.07 Å². The highest BCUT2D eigenvalue weighted by atomic mass is 35.5. The van der Waals surface area contributed by atoms with Gasteiger partial charge in [0.2, 0.25) is 0 Å². The second-order valence-corrected chi connectivity index (χ2v) is 9.41. The van der Waals surface area contributed by atoms with Crippen LogP contribution in [0.4, 0.5) is 14.5 Å². The van der Waals surface area contributed by atoms with Crippen molar-refractivity contribution in [1.29, 1.82) is 0 Å². The van der Waals surface area contributed by atoms with Crippen LogP contribution >= 0.6 is 34.8 Å². The lowest BCUT2D eigenvalue weighted by Crippen LogP contribution is -2.41. The lowest BCUT2D eigenvalue weighted by molar-refractivity contribution is 0.345. The topological polar surface area (TPSA) is 15.3 Å². The summed E-state index contributed by atoms with van der Waals surface area (Å²) in [6, 6.07) is 17.6. The first-order chi connectivity index (χ1) is 15.4. The third kappa shape index (κ3) is 5.55. The number of nitrogens with zero attached hydrogens (tertiary/aromatic N) is 1. The predicted molar refractivity (Wildman–Crippen MR) is 129 cm³/mol. The van der Waals surface area contributed by atoms with Gasteiger partial charge in [0.05, 0.1) is 6.04 Å². The molecule has 3 aromatic carbocycles. The van der Waals surface area contributed by atoms with Crippen LogP contribution in [0.2, 0.25) is 15.1 Å². The SMILES string of the molecule is Fc1ccc(CNC[C@@H]2CCC(c3ccc(Cl)cc3Cl)N(c3ccc(Cl)cc3)C2)cc1F. The molecule has 0 aliphatic carbocycles. The molecule has 1 fully saturated rings. The van der Waals surface area contributed by atoms with Gasteiger partial charge in [-0.3, -0.25) is 0 Å². The summed E-state index contributed by atoms with van der Waals surface area (Å²) in [6.45, 7) is 2.08. The summed E-state index contributed by atoms with van der Waals surface area (Å²) >= 11 is 18.8. The highest BCUT2D eigenvalue weighted by molar-refractivity contribution is 6.35. The molecule has 0 saturated carbocycles. The molecule has 1 unspecified atom stereocenters. The molecule has 168 valence electrons. The Hall–Kier alpha value is -1.85. The van der Waals surface area contributed by atoms with Gasteiger partial charge in [-0.1, -0.05) is 46.9 Å². The van der Waals surface area contributed by atoms with E-state index in [1.54, 1.807) is 12.1 Å². The molecule has 3 aromatic rings. The Morgan fingerprint density at radius 1 is 0.844 bits per heavy atom. The van der Waals surface area contributed by atoms with Gasteiger partial charge in [-0.05, 0) is 85.0 Å². The van der Waals surface area contributed by atoms with E-state index in [0.29, 0.717) is 27.5 Å². The minimum absolute atomic E-state index is 0.128. The molecule has 7 heteroatoms. The standard InChI is InChI=1S/C25H23Cl3F2N2/c26-18-3-6-20(7-4-18)32-15-17(14-31-13-16-1-9-23(29)24(30)11-16)2-10-25(32)21-8-5-19(27)12-22(21)28/h1,3-9,11-12,17,25,31H,2,10,13-15H2/t17-,25?/m0/s1. The van der Waals surface area contributed by atoms with E-state index >= 15 is 0 Å². The highest BCUT2D eigenvalue weighted by Crippen LogP contribution is 2.40. The summed E-state index contributed by atoms with van der Waals surface area (Å²) in [6.07, 6.45) is 1.94. The van der Waals surface area contributed by atoms with Crippen molar-refractivity contribution in [1.82, 2.24) is 5.32 Å². The number of rotatable bonds is 6. The van der Waals surface area contributed by atoms with E-state index in [1.807, 2.05) is 36.4 Å². The molecule has 0 bridgehead atoms. The molecular weight excluding hydrogens is 473 g/mol. The van der Waals surface area contributed by atoms with Gasteiger partial charge in [-0.15, -0.1) is 0 Å². The molecule has 1 aliphatic rings. The van der Waals surface area contributed by atoms with Crippen LogP contribution in [0.25, 0.3) is 0 Å². The first-order valence-electron chi connectivity index (χ1n) is 10.5. The van der Waals surface area contributed by atoms with Gasteiger partial charge in [0.15, 0.2) is 11.6 Å². The van der Waals surface area contributed by atoms with Crippen molar-refractivity contribution in [3.63, 3.8) is 0 Å². The molecule has 4 rings (SSSR count). The van der Waals surface area contributed by atoms with Crippen molar-refractivity contribution < 1.29 is 8.78 Å². The molecule has 1 N–H and O–H groups in total. The largest absolute Gasteiger partial charge is 0.364 e. The second kappa shape index (κ2) is 10.4. The van der Waals surface area contributed by atoms with Gasteiger partial charge in [0.1, 0.15) is 0 Å². The first kappa shape index (κ1) is 23.3. The molecule has 0 radical (unpaired) electrons. The number of halogens is 5. The number of anilines is 1. The normalized spacial score (nSPS) is 18.7. The molecule has 0 spiro atoms. The summed E-state index contributed by atoms with van der Waals surface area (Å²) < 4.78 is 26.6. The van der Waals surface area contributed by atoms with Gasteiger partial charge < -0.3 is 10.2 Å². The zero-order valence-corrected chi connectivity index (χ0v) is 19.6. The van der Waals surface area contributed by atoms with Gasteiger partial charge >= 0.3 is 0 Å². The van der Waals surface area contributed by atoms with Crippen LogP contribution in [-0.4, -0.2) is 13.1 Å². The van der Waals surface area contributed by atoms with Crippen molar-refractivity contribution in [2.45, 2.75) is 25.4 Å². The van der Waals surface area contributed by atoms with E-state index in [0.717, 1.165) is 48.8 Å². The van der Waals surface area contributed by atoms with Crippen molar-refractivity contribution in [3.05, 3.63) is 98.5 Å². The van der Waals surface area contributed by atoms with E-state index in [9.17, 15) is 8.78 Å². The van der Waals surface area contributed by atoms with Gasteiger partial charge in [0.25, 0.3) is 0 Å². The van der Waals surface area contributed by atoms with Crippen LogP contribution in [0.15, 0.2) is 60.7 Å². The minimum atomic E-state index is -0.827. The number of piperidine rings is 1. The highest BCUT2D eigenvalue weighted by Gasteiger charge is 2.30. The van der Waals surface area contributed by atoms with Crippen molar-refractivity contribution in [2.24, 2.45) is 5.92 Å². The summed E-state index contributed by atoms with van der Waals surface area (Å²) in [5.41, 5.74) is 2.86. The second-order valence-electron chi connectivity index (χ2n) is 8.13. The summed E-state index contributed by atoms with van der Waals surface area (Å²) in [4.78, 5) is 2.36. The maximum absolute atomic E-state index is 13.5. The number of hydrogen-bond acceptors (Lipinski definition) is 2. The summed E-state index contributed by atoms with van der Waals surface area (Å²) in [5, 5.41) is 5.36. The molecule has 2 nitrogen and oxygen atoms in total. The number of hydrogen-bond donors (Lipinski definition) is 1. The smallest absolute Gasteiger partial charge is 0.159 e. The molecule has 32 heavy (non-hydrogen) atoms. The average Bonchev–Trinajstić information content (AvgIpc) is 2.77. The first-order valence-corrected chi connectivity index (χ1v) is 11.7. The zero-order chi connectivity index (χ0) is 22.7. The molecule has 1 aliphatic heterocycles. The van der Waals surface area contributed by atoms with Crippen molar-refractivity contribution >= 4 is 40.5 Å². The molecular formula is C25H23Cl3F2N2. The van der Waals surface area contributed by atoms with Crippen LogP contribution in [0.3, 0.4) is 0 Å². The van der Waals surface area contributed by atoms with Crippen LogP contribution in [0.1, 0.15) is 30.0 Å². The fourth-order valence-electron chi connectivity index (χ4n) is 4.30. The molecule has 1 heterocycles. The van der Waals surface area contributed by atoms with Crippen molar-refractivity contribution in [3.8, 4) is 0 Å². The van der Waals surface area contributed by atoms with Crippen molar-refractivity contribution in [2.75, 3.05) is 18.0 Å². The van der Waals surface area contributed by atoms with E-state index in [-0.39, 0.29) is 6.04 Å². The predicted octanol–water partition coefficient (Wildman–Crippen LogP) is 7.67. The monoisotopic (exact) mass is 494 g/mol. The summed E-state index contributed by atoms with van der Waals surface area (Å²) in [7, 11) is 0. The Balaban J connectivity index is 1.48. The minimum Gasteiger partial charge on any atom is -0.364 e. The van der Waals surface area contributed by atoms with E-state index in [4.69, 9.17) is 34.8 Å². The third-order valence-corrected chi connectivity index (χ3v) is 6.72. The lowest BCUT2D eigenvalue weighted by Gasteiger charge is -2.42. The Morgan fingerprint density at radius 2 is 1.59 bits per heavy atom. The Morgan fingerprint density at radius 3 is 2.31 bits per heavy atom. The van der Waals surface area contributed by atoms with Crippen LogP contribution in [0, 0.1) is 17.6 Å². The maximum atomic E-state index is 13.5. The van der Waals surface area contributed by atoms with Crippen LogP contribution < -0.4 is 10.2 Å². The quantitative estimate of drug-likeness (QED) is 0.377. The van der Waals surface area contributed by atoms with Gasteiger partial charge in [-0.2, -0.15) is 0 Å². The van der Waals surface area contributed by atoms with Crippen LogP contribution in [0.5, 0.6) is 0 Å². The number of nitrogens with one attached hydrogen (secondary N) is 1. The Labute approximate surface area is 202 Å². The fraction of sp³-hybridized carbons (Fsp3) is 0.280. The molecule has 2 atom stereocenters. The van der Waals surface area contributed by atoms with Gasteiger partial charge in [0, 0.05) is 33.8 Å². The maximum Gasteiger partial charge on any atom is 0.159 e. The van der Waals surface area contributed by atoms with Gasteiger partial charge in [-0.25, -0.2) is 8.78 Å². The van der Waals surface area contributed by atoms with E-state index < -0.39 is 11.6 Å². The zero-order valence-electron chi connectivity index (χ0n) is 17.3. The summed E-state index contributed by atoms with van der Waals surface area (Å²) in [5.74, 6) is -1.26. The average molecular weight is 496 g/mol. The third-order valence-electron chi connectivity index (χ3n) is 5.91. The Kier molecular flexibility index (Phi) is 7.57. The Bertz CT molecular complexity index is 1080. The molecule has 1 saturated heterocycles. The molecule has 0 aromatic heterocycles. The molecule has 0 amide bonds. The van der Waals surface area contributed by atoms with Crippen LogP contribution in [-0.2, 0) is 6.54 Å².